The molecule has 0 radical (unpaired) electrons. The molecule has 1 aromatic rings. The van der Waals surface area contributed by atoms with Gasteiger partial charge in [0.1, 0.15) is 0 Å². The van der Waals surface area contributed by atoms with Gasteiger partial charge in [0.25, 0.3) is 0 Å². The second-order valence-electron chi connectivity index (χ2n) is 5.33. The molecule has 1 N–H and O–H groups in total. The highest BCUT2D eigenvalue weighted by molar-refractivity contribution is 9.10. The average molecular weight is 346 g/mol. The molecule has 20 heavy (non-hydrogen) atoms. The minimum Gasteiger partial charge on any atom is -0.480 e. The molecule has 1 rings (SSSR count). The average Bonchev–Trinajstić information content (AvgIpc) is 2.64. The monoisotopic (exact) mass is 345 g/mol. The van der Waals surface area contributed by atoms with Crippen molar-refractivity contribution in [1.29, 1.82) is 0 Å². The van der Waals surface area contributed by atoms with Crippen LogP contribution in [0.2, 0.25) is 0 Å². The van der Waals surface area contributed by atoms with E-state index in [1.165, 1.54) is 0 Å². The smallest absolute Gasteiger partial charge is 0.317 e. The van der Waals surface area contributed by atoms with E-state index in [9.17, 15) is 4.79 Å². The summed E-state index contributed by atoms with van der Waals surface area (Å²) in [6.45, 7) is 10.5. The van der Waals surface area contributed by atoms with Crippen LogP contribution in [0, 0.1) is 5.92 Å². The Morgan fingerprint density at radius 1 is 1.45 bits per heavy atom. The van der Waals surface area contributed by atoms with Gasteiger partial charge in [-0.2, -0.15) is 5.10 Å². The van der Waals surface area contributed by atoms with E-state index in [0.29, 0.717) is 12.5 Å². The summed E-state index contributed by atoms with van der Waals surface area (Å²) in [5, 5.41) is 13.6. The lowest BCUT2D eigenvalue weighted by Crippen LogP contribution is -2.33. The van der Waals surface area contributed by atoms with Crippen LogP contribution < -0.4 is 0 Å². The third-order valence-electron chi connectivity index (χ3n) is 3.05. The molecule has 1 heterocycles. The molecule has 5 nitrogen and oxygen atoms in total. The van der Waals surface area contributed by atoms with Crippen molar-refractivity contribution >= 4 is 21.9 Å². The van der Waals surface area contributed by atoms with Crippen molar-refractivity contribution in [3.63, 3.8) is 0 Å². The van der Waals surface area contributed by atoms with Gasteiger partial charge in [-0.15, -0.1) is 0 Å². The first-order chi connectivity index (χ1) is 9.38. The molecule has 0 saturated heterocycles. The predicted molar refractivity (Wildman–Crippen MR) is 82.7 cm³/mol. The van der Waals surface area contributed by atoms with Crippen LogP contribution in [-0.2, 0) is 24.3 Å². The Kier molecular flexibility index (Phi) is 6.68. The van der Waals surface area contributed by atoms with Crippen molar-refractivity contribution in [2.45, 2.75) is 47.2 Å². The molecule has 0 spiro atoms. The summed E-state index contributed by atoms with van der Waals surface area (Å²) >= 11 is 3.61. The first-order valence-corrected chi connectivity index (χ1v) is 7.86. The van der Waals surface area contributed by atoms with E-state index in [2.05, 4.69) is 41.8 Å². The van der Waals surface area contributed by atoms with Crippen LogP contribution in [-0.4, -0.2) is 38.8 Å². The quantitative estimate of drug-likeness (QED) is 0.786. The molecule has 0 saturated carbocycles. The number of aryl methyl sites for hydroxylation is 2. The van der Waals surface area contributed by atoms with Crippen LogP contribution in [0.25, 0.3) is 0 Å². The fourth-order valence-electron chi connectivity index (χ4n) is 2.27. The molecule has 0 aliphatic heterocycles. The summed E-state index contributed by atoms with van der Waals surface area (Å²) in [5.41, 5.74) is 2.09. The first kappa shape index (κ1) is 17.2. The van der Waals surface area contributed by atoms with E-state index in [1.807, 2.05) is 16.5 Å². The van der Waals surface area contributed by atoms with Crippen molar-refractivity contribution in [2.24, 2.45) is 5.92 Å². The van der Waals surface area contributed by atoms with Gasteiger partial charge < -0.3 is 5.11 Å². The fourth-order valence-corrected chi connectivity index (χ4v) is 2.96. The Labute approximate surface area is 129 Å². The summed E-state index contributed by atoms with van der Waals surface area (Å²) in [6, 6.07) is 0. The maximum absolute atomic E-state index is 11.0. The second kappa shape index (κ2) is 7.78. The number of rotatable bonds is 8. The van der Waals surface area contributed by atoms with Crippen LogP contribution in [0.1, 0.15) is 39.1 Å². The van der Waals surface area contributed by atoms with Crippen molar-refractivity contribution in [1.82, 2.24) is 14.7 Å². The Bertz CT molecular complexity index is 458. The van der Waals surface area contributed by atoms with Crippen LogP contribution in [0.4, 0.5) is 0 Å². The molecule has 0 aromatic carbocycles. The van der Waals surface area contributed by atoms with E-state index in [4.69, 9.17) is 5.11 Å². The molecule has 0 amide bonds. The van der Waals surface area contributed by atoms with E-state index in [0.717, 1.165) is 35.4 Å². The number of carbonyl (C=O) groups is 1. The highest BCUT2D eigenvalue weighted by atomic mass is 79.9. The van der Waals surface area contributed by atoms with Gasteiger partial charge in [-0.05, 0) is 35.2 Å². The zero-order valence-electron chi connectivity index (χ0n) is 12.7. The Hall–Kier alpha value is -0.880. The molecule has 114 valence electrons. The fraction of sp³-hybridized carbons (Fsp3) is 0.714. The van der Waals surface area contributed by atoms with Crippen molar-refractivity contribution < 1.29 is 9.90 Å². The van der Waals surface area contributed by atoms with Gasteiger partial charge in [-0.3, -0.25) is 14.4 Å². The second-order valence-corrected chi connectivity index (χ2v) is 6.13. The summed E-state index contributed by atoms with van der Waals surface area (Å²) in [6.07, 6.45) is 0.865. The molecule has 0 atom stereocenters. The van der Waals surface area contributed by atoms with Gasteiger partial charge in [0, 0.05) is 19.6 Å². The molecule has 1 aromatic heterocycles. The molecular formula is C14H24BrN3O2. The predicted octanol–water partition coefficient (Wildman–Crippen LogP) is 2.77. The molecule has 0 bridgehead atoms. The number of halogens is 1. The van der Waals surface area contributed by atoms with E-state index >= 15 is 0 Å². The first-order valence-electron chi connectivity index (χ1n) is 7.07. The van der Waals surface area contributed by atoms with Gasteiger partial charge in [0.05, 0.1) is 22.4 Å². The summed E-state index contributed by atoms with van der Waals surface area (Å²) in [7, 11) is 0. The number of nitrogens with zero attached hydrogens (tertiary/aromatic N) is 3. The topological polar surface area (TPSA) is 58.4 Å². The van der Waals surface area contributed by atoms with E-state index < -0.39 is 5.97 Å². The normalized spacial score (nSPS) is 11.6. The van der Waals surface area contributed by atoms with E-state index in [1.54, 1.807) is 0 Å². The van der Waals surface area contributed by atoms with Crippen molar-refractivity contribution in [3.05, 3.63) is 15.9 Å². The standard InChI is InChI=1S/C14H24BrN3O2/c1-5-11-14(15)12(18(6-2)16-11)8-17(7-10(3)4)9-13(19)20/h10H,5-9H2,1-4H3,(H,19,20). The van der Waals surface area contributed by atoms with Gasteiger partial charge >= 0.3 is 5.97 Å². The zero-order chi connectivity index (χ0) is 15.3. The van der Waals surface area contributed by atoms with Crippen LogP contribution >= 0.6 is 15.9 Å². The maximum atomic E-state index is 11.0. The molecule has 0 aliphatic rings. The van der Waals surface area contributed by atoms with Gasteiger partial charge in [0.15, 0.2) is 0 Å². The van der Waals surface area contributed by atoms with Gasteiger partial charge in [-0.1, -0.05) is 20.8 Å². The Balaban J connectivity index is 2.97. The molecule has 0 fully saturated rings. The highest BCUT2D eigenvalue weighted by Crippen LogP contribution is 2.24. The maximum Gasteiger partial charge on any atom is 0.317 e. The lowest BCUT2D eigenvalue weighted by atomic mass is 10.2. The zero-order valence-corrected chi connectivity index (χ0v) is 14.3. The summed E-state index contributed by atoms with van der Waals surface area (Å²) in [5.74, 6) is -0.364. The number of carboxylic acids is 1. The number of hydrogen-bond donors (Lipinski definition) is 1. The van der Waals surface area contributed by atoms with E-state index in [-0.39, 0.29) is 6.54 Å². The number of hydrogen-bond acceptors (Lipinski definition) is 3. The van der Waals surface area contributed by atoms with Crippen LogP contribution in [0.3, 0.4) is 0 Å². The molecule has 0 aliphatic carbocycles. The van der Waals surface area contributed by atoms with Gasteiger partial charge in [0.2, 0.25) is 0 Å². The van der Waals surface area contributed by atoms with Crippen molar-refractivity contribution in [3.8, 4) is 0 Å². The Morgan fingerprint density at radius 3 is 2.55 bits per heavy atom. The Morgan fingerprint density at radius 2 is 2.10 bits per heavy atom. The number of aliphatic carboxylic acids is 1. The molecule has 0 unspecified atom stereocenters. The van der Waals surface area contributed by atoms with Gasteiger partial charge in [-0.25, -0.2) is 0 Å². The third kappa shape index (κ3) is 4.59. The number of carboxylic acid groups (broad SMARTS) is 1. The minimum atomic E-state index is -0.792. The molecular weight excluding hydrogens is 322 g/mol. The minimum absolute atomic E-state index is 0.0565. The summed E-state index contributed by atoms with van der Waals surface area (Å²) in [4.78, 5) is 13.0. The SMILES string of the molecule is CCc1nn(CC)c(CN(CC(=O)O)CC(C)C)c1Br. The third-order valence-corrected chi connectivity index (χ3v) is 3.97. The largest absolute Gasteiger partial charge is 0.480 e. The van der Waals surface area contributed by atoms with Crippen LogP contribution in [0.15, 0.2) is 4.47 Å². The highest BCUT2D eigenvalue weighted by Gasteiger charge is 2.19. The van der Waals surface area contributed by atoms with Crippen LogP contribution in [0.5, 0.6) is 0 Å². The molecule has 6 heteroatoms. The summed E-state index contributed by atoms with van der Waals surface area (Å²) < 4.78 is 2.97. The lowest BCUT2D eigenvalue weighted by molar-refractivity contribution is -0.138. The van der Waals surface area contributed by atoms with Crippen molar-refractivity contribution in [2.75, 3.05) is 13.1 Å². The number of aromatic nitrogens is 2. The lowest BCUT2D eigenvalue weighted by Gasteiger charge is -2.22.